The molecule has 10 aromatic rings. The van der Waals surface area contributed by atoms with Gasteiger partial charge in [0.25, 0.3) is 0 Å². The molecular weight excluding hydrogens is 639 g/mol. The van der Waals surface area contributed by atoms with E-state index in [1.165, 1.54) is 71.1 Å². The number of fused-ring (bicyclic) bond motifs is 6. The van der Waals surface area contributed by atoms with Crippen LogP contribution in [0.2, 0.25) is 0 Å². The highest BCUT2D eigenvalue weighted by molar-refractivity contribution is 6.69. The van der Waals surface area contributed by atoms with E-state index < -0.39 is 0 Å². The molecule has 0 saturated carbocycles. The van der Waals surface area contributed by atoms with E-state index in [1.54, 1.807) is 0 Å². The van der Waals surface area contributed by atoms with E-state index in [9.17, 15) is 0 Å². The summed E-state index contributed by atoms with van der Waals surface area (Å²) in [4.78, 5) is 0. The van der Waals surface area contributed by atoms with Gasteiger partial charge in [0.1, 0.15) is 61.7 Å². The van der Waals surface area contributed by atoms with Crippen LogP contribution in [0.4, 0.5) is 0 Å². The van der Waals surface area contributed by atoms with E-state index in [2.05, 4.69) is 161 Å². The average Bonchev–Trinajstić information content (AvgIpc) is 3.81. The van der Waals surface area contributed by atoms with E-state index in [4.69, 9.17) is 8.83 Å². The zero-order valence-electron chi connectivity index (χ0n) is 30.6. The maximum Gasteiger partial charge on any atom is 0.143 e. The summed E-state index contributed by atoms with van der Waals surface area (Å²) in [6, 6.07) is 49.8. The Hall–Kier alpha value is -6.06. The molecule has 0 unspecified atom stereocenters. The Balaban J connectivity index is 1.23. The summed E-state index contributed by atoms with van der Waals surface area (Å²) in [5.74, 6) is 0.868. The first-order valence-corrected chi connectivity index (χ1v) is 18.4. The van der Waals surface area contributed by atoms with Crippen LogP contribution in [0.5, 0.6) is 0 Å². The van der Waals surface area contributed by atoms with Crippen molar-refractivity contribution in [3.8, 4) is 44.7 Å². The molecule has 0 aliphatic heterocycles. The fraction of sp³-hybridized carbons (Fsp3) is 0. The minimum atomic E-state index is 0.868. The molecule has 2 heterocycles. The zero-order chi connectivity index (χ0) is 36.0. The van der Waals surface area contributed by atoms with Gasteiger partial charge in [-0.15, -0.1) is 16.4 Å². The van der Waals surface area contributed by atoms with Gasteiger partial charge in [0.15, 0.2) is 0 Å². The molecule has 0 saturated heterocycles. The molecule has 0 aliphatic rings. The fourth-order valence-electron chi connectivity index (χ4n) is 8.80. The smallest absolute Gasteiger partial charge is 0.143 e. The summed E-state index contributed by atoms with van der Waals surface area (Å²) in [5, 5.41) is 8.34. The van der Waals surface area contributed by atoms with Crippen molar-refractivity contribution in [3.63, 3.8) is 0 Å². The summed E-state index contributed by atoms with van der Waals surface area (Å²) in [6.45, 7) is 0. The Morgan fingerprint density at radius 3 is 1.60 bits per heavy atom. The maximum atomic E-state index is 6.85. The molecule has 0 N–H and O–H groups in total. The van der Waals surface area contributed by atoms with Crippen molar-refractivity contribution in [2.45, 2.75) is 0 Å². The lowest BCUT2D eigenvalue weighted by molar-refractivity contribution is 0.631. The maximum absolute atomic E-state index is 6.85. The summed E-state index contributed by atoms with van der Waals surface area (Å²) < 4.78 is 13.1. The van der Waals surface area contributed by atoms with Crippen LogP contribution in [0.15, 0.2) is 148 Å². The lowest BCUT2D eigenvalue weighted by atomic mass is 9.59. The minimum Gasteiger partial charge on any atom is -0.456 e. The van der Waals surface area contributed by atoms with Crippen molar-refractivity contribution in [3.05, 3.63) is 140 Å². The highest BCUT2D eigenvalue weighted by Gasteiger charge is 2.23. The summed E-state index contributed by atoms with van der Waals surface area (Å²) >= 11 is 0. The van der Waals surface area contributed by atoms with Gasteiger partial charge in [0.2, 0.25) is 0 Å². The Labute approximate surface area is 312 Å². The quantitative estimate of drug-likeness (QED) is 0.202. The number of para-hydroxylation sites is 1. The number of hydrogen-bond donors (Lipinski definition) is 0. The molecule has 0 bridgehead atoms. The van der Waals surface area contributed by atoms with Crippen molar-refractivity contribution < 1.29 is 8.83 Å². The van der Waals surface area contributed by atoms with Crippen LogP contribution in [-0.4, -0.2) is 39.2 Å². The van der Waals surface area contributed by atoms with Crippen LogP contribution in [0.25, 0.3) is 99.2 Å². The number of rotatable bonds is 4. The predicted octanol–water partition coefficient (Wildman–Crippen LogP) is 4.60. The fourth-order valence-corrected chi connectivity index (χ4v) is 8.80. The molecule has 0 atom stereocenters. The van der Waals surface area contributed by atoms with Gasteiger partial charge in [-0.1, -0.05) is 126 Å². The molecule has 244 valence electrons. The molecule has 8 aromatic carbocycles. The van der Waals surface area contributed by atoms with Gasteiger partial charge in [-0.05, 0) is 73.6 Å². The van der Waals surface area contributed by atoms with Crippen molar-refractivity contribution in [2.75, 3.05) is 0 Å². The third kappa shape index (κ3) is 4.73. The molecule has 0 fully saturated rings. The minimum absolute atomic E-state index is 0.868. The van der Waals surface area contributed by atoms with Crippen LogP contribution >= 0.6 is 0 Å². The normalized spacial score (nSPS) is 11.8. The van der Waals surface area contributed by atoms with Crippen LogP contribution in [0.3, 0.4) is 0 Å². The number of furan rings is 2. The van der Waals surface area contributed by atoms with E-state index in [1.807, 2.05) is 18.2 Å². The van der Waals surface area contributed by atoms with Crippen LogP contribution in [0, 0.1) is 0 Å². The third-order valence-corrected chi connectivity index (χ3v) is 11.9. The summed E-state index contributed by atoms with van der Waals surface area (Å²) in [7, 11) is 11.4. The molecule has 0 amide bonds. The lowest BCUT2D eigenvalue weighted by Crippen LogP contribution is -2.55. The third-order valence-electron chi connectivity index (χ3n) is 11.9. The van der Waals surface area contributed by atoms with E-state index in [0.717, 1.165) is 55.4 Å². The lowest BCUT2D eigenvalue weighted by Gasteiger charge is -2.24. The second-order valence-corrected chi connectivity index (χ2v) is 14.5. The van der Waals surface area contributed by atoms with Gasteiger partial charge in [-0.2, -0.15) is 0 Å². The molecule has 0 radical (unpaired) electrons. The summed E-state index contributed by atoms with van der Waals surface area (Å²) in [6.07, 6.45) is 0. The highest BCUT2D eigenvalue weighted by atomic mass is 16.3. The molecule has 0 spiro atoms. The number of hydrogen-bond acceptors (Lipinski definition) is 2. The van der Waals surface area contributed by atoms with Gasteiger partial charge >= 0.3 is 0 Å². The first-order chi connectivity index (χ1) is 25.9. The molecular formula is C46H33B5O2. The Kier molecular flexibility index (Phi) is 7.17. The van der Waals surface area contributed by atoms with E-state index >= 15 is 0 Å². The largest absolute Gasteiger partial charge is 0.456 e. The van der Waals surface area contributed by atoms with Crippen LogP contribution in [0.1, 0.15) is 0 Å². The first-order valence-electron chi connectivity index (χ1n) is 18.4. The molecule has 53 heavy (non-hydrogen) atoms. The standard InChI is InChI=1S/C46H33B5O2/c47-41-40(42(48)44(50)45(51)43(41)49)39-30-14-6-4-12-28(30)37(29-13-5-7-15-31(29)39)32-17-9-19-35-38(32)33-18-8-16-27(46(33)53-35)25-20-21-34-26(22-25)23-36(52-34)24-10-2-1-3-11-24/h1-23H,47-51H2. The average molecular weight is 672 g/mol. The van der Waals surface area contributed by atoms with Gasteiger partial charge in [-0.25, -0.2) is 0 Å². The van der Waals surface area contributed by atoms with Crippen molar-refractivity contribution in [2.24, 2.45) is 0 Å². The second kappa shape index (κ2) is 12.0. The van der Waals surface area contributed by atoms with Crippen molar-refractivity contribution in [1.29, 1.82) is 0 Å². The molecule has 2 aromatic heterocycles. The molecule has 7 heteroatoms. The van der Waals surface area contributed by atoms with Crippen LogP contribution < -0.4 is 27.3 Å². The number of benzene rings is 8. The molecule has 0 aliphatic carbocycles. The van der Waals surface area contributed by atoms with Gasteiger partial charge in [-0.3, -0.25) is 0 Å². The van der Waals surface area contributed by atoms with Gasteiger partial charge in [0.05, 0.1) is 0 Å². The van der Waals surface area contributed by atoms with Gasteiger partial charge in [0, 0.05) is 27.3 Å². The SMILES string of the molecule is Bc1c(B)c(B)c(-c2c3ccccc3c(-c3cccc4oc5c(-c6ccc7oc(-c8ccccc8)cc7c6)cccc5c34)c3ccccc23)c(B)c1B. The topological polar surface area (TPSA) is 26.3 Å². The Morgan fingerprint density at radius 2 is 0.925 bits per heavy atom. The highest BCUT2D eigenvalue weighted by Crippen LogP contribution is 2.47. The first kappa shape index (κ1) is 31.7. The van der Waals surface area contributed by atoms with E-state index in [0.29, 0.717) is 0 Å². The zero-order valence-corrected chi connectivity index (χ0v) is 30.6. The monoisotopic (exact) mass is 672 g/mol. The van der Waals surface area contributed by atoms with Crippen molar-refractivity contribution in [1.82, 2.24) is 0 Å². The molecule has 2 nitrogen and oxygen atoms in total. The van der Waals surface area contributed by atoms with Crippen molar-refractivity contribution >= 4 is 121 Å². The second-order valence-electron chi connectivity index (χ2n) is 14.5. The van der Waals surface area contributed by atoms with E-state index in [-0.39, 0.29) is 0 Å². The predicted molar refractivity (Wildman–Crippen MR) is 241 cm³/mol. The Morgan fingerprint density at radius 1 is 0.358 bits per heavy atom. The summed E-state index contributed by atoms with van der Waals surface area (Å²) in [5.41, 5.74) is 17.8. The Bertz CT molecular complexity index is 3040. The van der Waals surface area contributed by atoms with Gasteiger partial charge < -0.3 is 8.83 Å². The van der Waals surface area contributed by atoms with Crippen LogP contribution in [-0.2, 0) is 0 Å². The molecule has 10 rings (SSSR count).